The molecule has 1 aromatic heterocycles. The van der Waals surface area contributed by atoms with Crippen LogP contribution in [0.3, 0.4) is 0 Å². The van der Waals surface area contributed by atoms with Crippen LogP contribution >= 0.6 is 0 Å². The molecule has 1 atom stereocenters. The Morgan fingerprint density at radius 2 is 2.11 bits per heavy atom. The van der Waals surface area contributed by atoms with E-state index in [-0.39, 0.29) is 12.0 Å². The lowest BCUT2D eigenvalue weighted by molar-refractivity contribution is -0.119. The van der Waals surface area contributed by atoms with E-state index >= 15 is 0 Å². The molecule has 1 N–H and O–H groups in total. The van der Waals surface area contributed by atoms with E-state index in [9.17, 15) is 4.79 Å². The lowest BCUT2D eigenvalue weighted by Crippen LogP contribution is -2.41. The maximum atomic E-state index is 12.3. The van der Waals surface area contributed by atoms with Gasteiger partial charge in [0.2, 0.25) is 5.91 Å². The van der Waals surface area contributed by atoms with Gasteiger partial charge in [-0.15, -0.1) is 0 Å². The van der Waals surface area contributed by atoms with E-state index in [1.54, 1.807) is 0 Å². The fourth-order valence-electron chi connectivity index (χ4n) is 3.19. The van der Waals surface area contributed by atoms with Gasteiger partial charge in [-0.25, -0.2) is 4.98 Å². The first kappa shape index (κ1) is 19.2. The van der Waals surface area contributed by atoms with Gasteiger partial charge in [-0.05, 0) is 37.6 Å². The number of likely N-dealkylation sites (N-methyl/N-ethyl adjacent to an activating group) is 1. The average Bonchev–Trinajstić information content (AvgIpc) is 2.71. The number of hydrogen-bond donors (Lipinski definition) is 1. The van der Waals surface area contributed by atoms with Gasteiger partial charge in [0.15, 0.2) is 0 Å². The largest absolute Gasteiger partial charge is 0.375 e. The van der Waals surface area contributed by atoms with Gasteiger partial charge in [0.05, 0.1) is 19.3 Å². The molecule has 27 heavy (non-hydrogen) atoms. The van der Waals surface area contributed by atoms with Crippen molar-refractivity contribution >= 4 is 17.4 Å². The normalized spacial score (nSPS) is 16.8. The third-order valence-corrected chi connectivity index (χ3v) is 4.70. The van der Waals surface area contributed by atoms with Crippen molar-refractivity contribution in [3.63, 3.8) is 0 Å². The first-order chi connectivity index (χ1) is 13.2. The molecule has 1 aromatic carbocycles. The Kier molecular flexibility index (Phi) is 6.65. The molecule has 0 spiro atoms. The van der Waals surface area contributed by atoms with Crippen LogP contribution in [0.4, 0.5) is 11.5 Å². The van der Waals surface area contributed by atoms with Crippen molar-refractivity contribution in [3.8, 4) is 0 Å². The number of carbonyl (C=O) groups excluding carboxylic acids is 1. The number of nitrogens with zero attached hydrogens (tertiary/aromatic N) is 3. The van der Waals surface area contributed by atoms with Gasteiger partial charge in [-0.2, -0.15) is 0 Å². The highest BCUT2D eigenvalue weighted by Gasteiger charge is 2.17. The Hall–Kier alpha value is -2.60. The quantitative estimate of drug-likeness (QED) is 0.814. The summed E-state index contributed by atoms with van der Waals surface area (Å²) in [4.78, 5) is 21.1. The standard InChI is InChI=1S/C21H28N4O2/c1-3-24(19-7-5-4-6-8-19)16-21(26)23-14-18-9-10-20(22-13-18)25-11-12-27-17(2)15-25/h4-10,13,17H,3,11-12,14-16H2,1-2H3,(H,23,26). The second-order valence-corrected chi connectivity index (χ2v) is 6.78. The number of aromatic nitrogens is 1. The average molecular weight is 368 g/mol. The highest BCUT2D eigenvalue weighted by atomic mass is 16.5. The number of morpholine rings is 1. The maximum Gasteiger partial charge on any atom is 0.239 e. The van der Waals surface area contributed by atoms with Gasteiger partial charge >= 0.3 is 0 Å². The topological polar surface area (TPSA) is 57.7 Å². The number of nitrogens with one attached hydrogen (secondary N) is 1. The second-order valence-electron chi connectivity index (χ2n) is 6.78. The Morgan fingerprint density at radius 3 is 2.78 bits per heavy atom. The number of hydrogen-bond acceptors (Lipinski definition) is 5. The number of amides is 1. The van der Waals surface area contributed by atoms with Crippen molar-refractivity contribution < 1.29 is 9.53 Å². The van der Waals surface area contributed by atoms with Crippen LogP contribution in [0, 0.1) is 0 Å². The van der Waals surface area contributed by atoms with Gasteiger partial charge in [0, 0.05) is 38.1 Å². The molecule has 3 rings (SSSR count). The van der Waals surface area contributed by atoms with Crippen molar-refractivity contribution in [3.05, 3.63) is 54.2 Å². The molecular weight excluding hydrogens is 340 g/mol. The molecule has 1 unspecified atom stereocenters. The zero-order chi connectivity index (χ0) is 19.1. The summed E-state index contributed by atoms with van der Waals surface area (Å²) in [6.45, 7) is 8.19. The summed E-state index contributed by atoms with van der Waals surface area (Å²) in [5, 5.41) is 2.99. The molecule has 0 radical (unpaired) electrons. The minimum absolute atomic E-state index is 0.00628. The zero-order valence-corrected chi connectivity index (χ0v) is 16.1. The van der Waals surface area contributed by atoms with Gasteiger partial charge in [-0.3, -0.25) is 4.79 Å². The number of ether oxygens (including phenoxy) is 1. The van der Waals surface area contributed by atoms with Gasteiger partial charge in [-0.1, -0.05) is 24.3 Å². The number of benzene rings is 1. The van der Waals surface area contributed by atoms with Crippen LogP contribution in [-0.2, 0) is 16.1 Å². The number of pyridine rings is 1. The van der Waals surface area contributed by atoms with E-state index in [1.807, 2.05) is 48.7 Å². The minimum Gasteiger partial charge on any atom is -0.375 e. The Labute approximate surface area is 161 Å². The van der Waals surface area contributed by atoms with Crippen LogP contribution in [0.5, 0.6) is 0 Å². The summed E-state index contributed by atoms with van der Waals surface area (Å²) in [6, 6.07) is 14.0. The molecule has 1 aliphatic rings. The third-order valence-electron chi connectivity index (χ3n) is 4.70. The molecule has 2 heterocycles. The second kappa shape index (κ2) is 9.37. The first-order valence-corrected chi connectivity index (χ1v) is 9.54. The molecule has 0 bridgehead atoms. The van der Waals surface area contributed by atoms with Crippen LogP contribution in [0.1, 0.15) is 19.4 Å². The van der Waals surface area contributed by atoms with Crippen LogP contribution < -0.4 is 15.1 Å². The molecular formula is C21H28N4O2. The van der Waals surface area contributed by atoms with Gasteiger partial charge < -0.3 is 19.9 Å². The SMILES string of the molecule is CCN(CC(=O)NCc1ccc(N2CCOC(C)C2)nc1)c1ccccc1. The number of rotatable bonds is 7. The van der Waals surface area contributed by atoms with E-state index in [0.717, 1.165) is 43.3 Å². The summed E-state index contributed by atoms with van der Waals surface area (Å²) in [7, 11) is 0. The van der Waals surface area contributed by atoms with Gasteiger partial charge in [0.25, 0.3) is 0 Å². The fourth-order valence-corrected chi connectivity index (χ4v) is 3.19. The van der Waals surface area contributed by atoms with Crippen LogP contribution in [0.25, 0.3) is 0 Å². The lowest BCUT2D eigenvalue weighted by atomic mass is 10.2. The van der Waals surface area contributed by atoms with Gasteiger partial charge in [0.1, 0.15) is 5.82 Å². The van der Waals surface area contributed by atoms with Crippen LogP contribution in [-0.4, -0.2) is 49.8 Å². The van der Waals surface area contributed by atoms with E-state index in [2.05, 4.69) is 33.9 Å². The lowest BCUT2D eigenvalue weighted by Gasteiger charge is -2.32. The predicted molar refractivity (Wildman–Crippen MR) is 108 cm³/mol. The molecule has 6 heteroatoms. The Bertz CT molecular complexity index is 721. The van der Waals surface area contributed by atoms with E-state index in [1.165, 1.54) is 0 Å². The number of carbonyl (C=O) groups is 1. The highest BCUT2D eigenvalue weighted by molar-refractivity contribution is 5.81. The molecule has 1 fully saturated rings. The van der Waals surface area contributed by atoms with Crippen LogP contribution in [0.2, 0.25) is 0 Å². The van der Waals surface area contributed by atoms with Crippen LogP contribution in [0.15, 0.2) is 48.7 Å². The molecule has 1 aliphatic heterocycles. The molecule has 1 saturated heterocycles. The zero-order valence-electron chi connectivity index (χ0n) is 16.1. The minimum atomic E-state index is 0.00628. The summed E-state index contributed by atoms with van der Waals surface area (Å²) < 4.78 is 5.57. The summed E-state index contributed by atoms with van der Waals surface area (Å²) >= 11 is 0. The van der Waals surface area contributed by atoms with Crippen molar-refractivity contribution in [1.29, 1.82) is 0 Å². The van der Waals surface area contributed by atoms with Crippen molar-refractivity contribution in [2.24, 2.45) is 0 Å². The number of anilines is 2. The first-order valence-electron chi connectivity index (χ1n) is 9.54. The molecule has 0 aliphatic carbocycles. The Balaban J connectivity index is 1.50. The van der Waals surface area contributed by atoms with Crippen molar-refractivity contribution in [2.75, 3.05) is 42.6 Å². The molecule has 2 aromatic rings. The summed E-state index contributed by atoms with van der Waals surface area (Å²) in [5.74, 6) is 0.966. The van der Waals surface area contributed by atoms with E-state index < -0.39 is 0 Å². The van der Waals surface area contributed by atoms with Crippen molar-refractivity contribution in [2.45, 2.75) is 26.5 Å². The fraction of sp³-hybridized carbons (Fsp3) is 0.429. The molecule has 1 amide bonds. The number of para-hydroxylation sites is 1. The molecule has 6 nitrogen and oxygen atoms in total. The van der Waals surface area contributed by atoms with E-state index in [0.29, 0.717) is 13.1 Å². The summed E-state index contributed by atoms with van der Waals surface area (Å²) in [6.07, 6.45) is 2.07. The molecule has 144 valence electrons. The summed E-state index contributed by atoms with van der Waals surface area (Å²) in [5.41, 5.74) is 2.05. The molecule has 0 saturated carbocycles. The predicted octanol–water partition coefficient (Wildman–Crippen LogP) is 2.45. The van der Waals surface area contributed by atoms with Crippen molar-refractivity contribution in [1.82, 2.24) is 10.3 Å². The van der Waals surface area contributed by atoms with E-state index in [4.69, 9.17) is 4.74 Å². The maximum absolute atomic E-state index is 12.3. The monoisotopic (exact) mass is 368 g/mol. The smallest absolute Gasteiger partial charge is 0.239 e. The third kappa shape index (κ3) is 5.44. The Morgan fingerprint density at radius 1 is 1.30 bits per heavy atom. The highest BCUT2D eigenvalue weighted by Crippen LogP contribution is 2.15.